The van der Waals surface area contributed by atoms with E-state index in [1.807, 2.05) is 0 Å². The number of carbonyl (C=O) groups excluding carboxylic acids is 1. The van der Waals surface area contributed by atoms with E-state index in [2.05, 4.69) is 20.6 Å². The van der Waals surface area contributed by atoms with E-state index in [9.17, 15) is 18.0 Å². The van der Waals surface area contributed by atoms with Crippen LogP contribution in [0.5, 0.6) is 0 Å². The van der Waals surface area contributed by atoms with E-state index in [1.54, 1.807) is 6.26 Å². The summed E-state index contributed by atoms with van der Waals surface area (Å²) in [6.45, 7) is 0.725. The van der Waals surface area contributed by atoms with E-state index in [-0.39, 0.29) is 22.8 Å². The van der Waals surface area contributed by atoms with Crippen molar-refractivity contribution in [1.29, 1.82) is 0 Å². The summed E-state index contributed by atoms with van der Waals surface area (Å²) in [5, 5.41) is 5.77. The second-order valence-corrected chi connectivity index (χ2v) is 6.09. The van der Waals surface area contributed by atoms with Gasteiger partial charge in [0.2, 0.25) is 5.91 Å². The van der Waals surface area contributed by atoms with Crippen LogP contribution in [0.4, 0.5) is 19.0 Å². The first-order valence-electron chi connectivity index (χ1n) is 7.41. The van der Waals surface area contributed by atoms with Gasteiger partial charge in [-0.05, 0) is 25.5 Å². The van der Waals surface area contributed by atoms with Gasteiger partial charge in [-0.2, -0.15) is 13.2 Å². The molecule has 1 aromatic heterocycles. The van der Waals surface area contributed by atoms with Crippen molar-refractivity contribution in [2.75, 3.05) is 24.7 Å². The Kier molecular flexibility index (Phi) is 6.09. The minimum atomic E-state index is -4.50. The normalized spacial score (nSPS) is 15.1. The van der Waals surface area contributed by atoms with E-state index in [1.165, 1.54) is 11.8 Å². The van der Waals surface area contributed by atoms with Crippen molar-refractivity contribution in [2.45, 2.75) is 37.0 Å². The number of aromatic nitrogens is 2. The highest BCUT2D eigenvalue weighted by atomic mass is 32.2. The van der Waals surface area contributed by atoms with Gasteiger partial charge in [0, 0.05) is 25.2 Å². The van der Waals surface area contributed by atoms with E-state index < -0.39 is 11.7 Å². The van der Waals surface area contributed by atoms with Gasteiger partial charge in [0.25, 0.3) is 0 Å². The van der Waals surface area contributed by atoms with Crippen LogP contribution in [0.1, 0.15) is 31.2 Å². The fourth-order valence-corrected chi connectivity index (χ4v) is 2.47. The van der Waals surface area contributed by atoms with E-state index in [4.69, 9.17) is 0 Å². The lowest BCUT2D eigenvalue weighted by Crippen LogP contribution is -2.35. The van der Waals surface area contributed by atoms with Gasteiger partial charge in [0.1, 0.15) is 11.4 Å². The third-order valence-electron chi connectivity index (χ3n) is 3.68. The van der Waals surface area contributed by atoms with Gasteiger partial charge in [-0.1, -0.05) is 18.2 Å². The summed E-state index contributed by atoms with van der Waals surface area (Å²) < 4.78 is 38.7. The van der Waals surface area contributed by atoms with Crippen molar-refractivity contribution < 1.29 is 18.0 Å². The third kappa shape index (κ3) is 4.98. The molecule has 0 saturated heterocycles. The van der Waals surface area contributed by atoms with Crippen LogP contribution >= 0.6 is 11.8 Å². The molecule has 1 saturated carbocycles. The molecule has 23 heavy (non-hydrogen) atoms. The number of nitrogens with one attached hydrogen (secondary N) is 2. The Morgan fingerprint density at radius 1 is 1.39 bits per heavy atom. The molecular formula is C14H19F3N4OS. The van der Waals surface area contributed by atoms with Crippen LogP contribution in [-0.2, 0) is 11.0 Å². The molecule has 2 N–H and O–H groups in total. The molecule has 0 aromatic carbocycles. The summed E-state index contributed by atoms with van der Waals surface area (Å²) >= 11 is 1.18. The molecule has 1 heterocycles. The molecule has 0 aliphatic heterocycles. The molecule has 1 aliphatic carbocycles. The number of alkyl halides is 3. The average molecular weight is 348 g/mol. The lowest BCUT2D eigenvalue weighted by molar-refractivity contribution is -0.137. The van der Waals surface area contributed by atoms with Crippen LogP contribution in [-0.4, -0.2) is 35.2 Å². The van der Waals surface area contributed by atoms with Crippen LogP contribution in [0, 0.1) is 5.92 Å². The fraction of sp³-hybridized carbons (Fsp3) is 0.643. The molecule has 2 rings (SSSR count). The number of thioether (sulfide) groups is 1. The predicted octanol–water partition coefficient (Wildman–Crippen LogP) is 2.94. The lowest BCUT2D eigenvalue weighted by Gasteiger charge is -2.24. The van der Waals surface area contributed by atoms with E-state index in [0.717, 1.165) is 25.5 Å². The molecule has 1 aliphatic rings. The Balaban J connectivity index is 1.83. The van der Waals surface area contributed by atoms with Crippen LogP contribution < -0.4 is 10.6 Å². The molecule has 0 spiro atoms. The van der Waals surface area contributed by atoms with Crippen molar-refractivity contribution in [3.05, 3.63) is 11.8 Å². The highest BCUT2D eigenvalue weighted by Gasteiger charge is 2.35. The smallest absolute Gasteiger partial charge is 0.369 e. The average Bonchev–Trinajstić information content (AvgIpc) is 2.43. The number of carbonyl (C=O) groups is 1. The summed E-state index contributed by atoms with van der Waals surface area (Å²) in [7, 11) is 0. The van der Waals surface area contributed by atoms with Gasteiger partial charge < -0.3 is 10.6 Å². The molecule has 128 valence electrons. The largest absolute Gasteiger partial charge is 0.421 e. The Bertz CT molecular complexity index is 549. The van der Waals surface area contributed by atoms with Crippen molar-refractivity contribution in [2.24, 2.45) is 5.92 Å². The second-order valence-electron chi connectivity index (χ2n) is 5.32. The van der Waals surface area contributed by atoms with Crippen molar-refractivity contribution in [3.63, 3.8) is 0 Å². The molecular weight excluding hydrogens is 329 g/mol. The summed E-state index contributed by atoms with van der Waals surface area (Å²) in [4.78, 5) is 19.2. The number of amides is 1. The van der Waals surface area contributed by atoms with Crippen LogP contribution in [0.15, 0.2) is 11.4 Å². The van der Waals surface area contributed by atoms with Crippen molar-refractivity contribution in [3.8, 4) is 0 Å². The van der Waals surface area contributed by atoms with Crippen molar-refractivity contribution >= 4 is 23.5 Å². The topological polar surface area (TPSA) is 66.9 Å². The Labute approximate surface area is 136 Å². The quantitative estimate of drug-likeness (QED) is 0.451. The summed E-state index contributed by atoms with van der Waals surface area (Å²) in [6.07, 6.45) is 1.45. The van der Waals surface area contributed by atoms with Crippen LogP contribution in [0.25, 0.3) is 0 Å². The maximum absolute atomic E-state index is 12.9. The molecule has 5 nitrogen and oxygen atoms in total. The highest BCUT2D eigenvalue weighted by molar-refractivity contribution is 7.98. The number of nitrogens with zero attached hydrogens (tertiary/aromatic N) is 2. The predicted molar refractivity (Wildman–Crippen MR) is 82.3 cm³/mol. The van der Waals surface area contributed by atoms with E-state index >= 15 is 0 Å². The monoisotopic (exact) mass is 348 g/mol. The first-order valence-corrected chi connectivity index (χ1v) is 8.64. The van der Waals surface area contributed by atoms with Crippen LogP contribution in [0.3, 0.4) is 0 Å². The number of halogens is 3. The van der Waals surface area contributed by atoms with Crippen molar-refractivity contribution in [1.82, 2.24) is 15.3 Å². The summed E-state index contributed by atoms with van der Waals surface area (Å²) in [6, 6.07) is 0. The van der Waals surface area contributed by atoms with Gasteiger partial charge >= 0.3 is 6.18 Å². The Morgan fingerprint density at radius 2 is 2.13 bits per heavy atom. The molecule has 1 amide bonds. The zero-order valence-corrected chi connectivity index (χ0v) is 13.6. The zero-order valence-electron chi connectivity index (χ0n) is 12.7. The minimum absolute atomic E-state index is 0.0407. The molecule has 9 heteroatoms. The Morgan fingerprint density at radius 3 is 2.70 bits per heavy atom. The Hall–Kier alpha value is -1.51. The van der Waals surface area contributed by atoms with Gasteiger partial charge in [-0.15, -0.1) is 0 Å². The van der Waals surface area contributed by atoms with Crippen LogP contribution in [0.2, 0.25) is 0 Å². The lowest BCUT2D eigenvalue weighted by atomic mass is 9.85. The molecule has 1 fully saturated rings. The van der Waals surface area contributed by atoms with Gasteiger partial charge in [-0.3, -0.25) is 4.79 Å². The maximum atomic E-state index is 12.9. The number of anilines is 1. The fourth-order valence-electron chi connectivity index (χ4n) is 2.13. The molecule has 1 aromatic rings. The number of hydrogen-bond donors (Lipinski definition) is 2. The van der Waals surface area contributed by atoms with Gasteiger partial charge in [-0.25, -0.2) is 9.97 Å². The molecule has 0 bridgehead atoms. The zero-order chi connectivity index (χ0) is 16.9. The molecule has 0 radical (unpaired) electrons. The standard InChI is InChI=1S/C14H19F3N4OS/c1-23-13-20-8-10(14(15,16)17)11(21-13)18-6-3-7-19-12(22)9-4-2-5-9/h8-9H,2-7H2,1H3,(H,19,22)(H,18,20,21). The summed E-state index contributed by atoms with van der Waals surface area (Å²) in [5.41, 5.74) is -0.881. The van der Waals surface area contributed by atoms with Gasteiger partial charge in [0.05, 0.1) is 0 Å². The number of hydrogen-bond acceptors (Lipinski definition) is 5. The molecule has 0 unspecified atom stereocenters. The second kappa shape index (κ2) is 7.85. The highest BCUT2D eigenvalue weighted by Crippen LogP contribution is 2.34. The first kappa shape index (κ1) is 17.8. The van der Waals surface area contributed by atoms with Gasteiger partial charge in [0.15, 0.2) is 5.16 Å². The third-order valence-corrected chi connectivity index (χ3v) is 4.24. The first-order chi connectivity index (χ1) is 10.9. The summed E-state index contributed by atoms with van der Waals surface area (Å²) in [5.74, 6) is -0.0631. The molecule has 0 atom stereocenters. The number of rotatable bonds is 7. The SMILES string of the molecule is CSc1ncc(C(F)(F)F)c(NCCCNC(=O)C2CCC2)n1. The maximum Gasteiger partial charge on any atom is 0.421 e. The van der Waals surface area contributed by atoms with E-state index in [0.29, 0.717) is 19.5 Å². The minimum Gasteiger partial charge on any atom is -0.369 e.